The second kappa shape index (κ2) is 3.95. The second-order valence-corrected chi connectivity index (χ2v) is 5.92. The predicted octanol–water partition coefficient (Wildman–Crippen LogP) is 2.75. The standard InChI is InChI=1S/C17H12O6/c1-2-11-17(22-7-19-11)16-8(1)15-10(5-18-16)9-3-13-14(21-6-20-13)4-12(9)23-15/h1-4,10,15H,5-7H2. The highest BCUT2D eigenvalue weighted by Crippen LogP contribution is 2.57. The van der Waals surface area contributed by atoms with Crippen LogP contribution in [0.2, 0.25) is 0 Å². The van der Waals surface area contributed by atoms with Crippen LogP contribution in [-0.2, 0) is 0 Å². The Kier molecular flexibility index (Phi) is 2.02. The maximum atomic E-state index is 6.21. The summed E-state index contributed by atoms with van der Waals surface area (Å²) in [6, 6.07) is 7.81. The molecule has 0 saturated carbocycles. The molecule has 0 bridgehead atoms. The van der Waals surface area contributed by atoms with Crippen LogP contribution in [-0.4, -0.2) is 20.2 Å². The lowest BCUT2D eigenvalue weighted by Crippen LogP contribution is -2.23. The molecule has 0 N–H and O–H groups in total. The van der Waals surface area contributed by atoms with E-state index in [1.165, 1.54) is 0 Å². The summed E-state index contributed by atoms with van der Waals surface area (Å²) < 4.78 is 34.1. The summed E-state index contributed by atoms with van der Waals surface area (Å²) in [6.07, 6.45) is -0.0919. The molecule has 6 nitrogen and oxygen atoms in total. The molecule has 0 aromatic heterocycles. The van der Waals surface area contributed by atoms with Gasteiger partial charge in [-0.25, -0.2) is 0 Å². The van der Waals surface area contributed by atoms with Crippen molar-refractivity contribution in [3.8, 4) is 34.5 Å². The lowest BCUT2D eigenvalue weighted by molar-refractivity contribution is 0.131. The van der Waals surface area contributed by atoms with Gasteiger partial charge in [-0.05, 0) is 18.2 Å². The third-order valence-electron chi connectivity index (χ3n) is 4.76. The molecule has 6 heteroatoms. The first-order chi connectivity index (χ1) is 11.4. The first-order valence-electron chi connectivity index (χ1n) is 7.54. The van der Waals surface area contributed by atoms with Crippen LogP contribution in [0, 0.1) is 0 Å². The van der Waals surface area contributed by atoms with Gasteiger partial charge in [-0.1, -0.05) is 0 Å². The molecule has 2 aromatic rings. The number of hydrogen-bond acceptors (Lipinski definition) is 6. The monoisotopic (exact) mass is 312 g/mol. The summed E-state index contributed by atoms with van der Waals surface area (Å²) in [7, 11) is 0. The zero-order valence-corrected chi connectivity index (χ0v) is 12.0. The Morgan fingerprint density at radius 1 is 0.696 bits per heavy atom. The highest BCUT2D eigenvalue weighted by atomic mass is 16.7. The van der Waals surface area contributed by atoms with E-state index in [0.717, 1.165) is 39.9 Å². The molecule has 4 aliphatic rings. The van der Waals surface area contributed by atoms with Crippen molar-refractivity contribution in [2.75, 3.05) is 20.2 Å². The quantitative estimate of drug-likeness (QED) is 0.745. The molecule has 0 fully saturated rings. The van der Waals surface area contributed by atoms with Gasteiger partial charge in [0.2, 0.25) is 19.3 Å². The number of hydrogen-bond donors (Lipinski definition) is 0. The van der Waals surface area contributed by atoms with E-state index in [-0.39, 0.29) is 25.6 Å². The highest BCUT2D eigenvalue weighted by molar-refractivity contribution is 5.62. The molecule has 4 aliphatic heterocycles. The van der Waals surface area contributed by atoms with Gasteiger partial charge < -0.3 is 28.4 Å². The van der Waals surface area contributed by atoms with Gasteiger partial charge in [-0.15, -0.1) is 0 Å². The average molecular weight is 312 g/mol. The Bertz CT molecular complexity index is 845. The first-order valence-corrected chi connectivity index (χ1v) is 7.54. The molecular weight excluding hydrogens is 300 g/mol. The number of benzene rings is 2. The van der Waals surface area contributed by atoms with E-state index in [1.807, 2.05) is 24.3 Å². The zero-order valence-electron chi connectivity index (χ0n) is 12.0. The van der Waals surface area contributed by atoms with E-state index in [1.54, 1.807) is 0 Å². The first kappa shape index (κ1) is 11.8. The average Bonchev–Trinajstić information content (AvgIpc) is 3.29. The molecule has 2 aromatic carbocycles. The van der Waals surface area contributed by atoms with E-state index in [4.69, 9.17) is 28.4 Å². The Morgan fingerprint density at radius 2 is 1.52 bits per heavy atom. The lowest BCUT2D eigenvalue weighted by atomic mass is 9.89. The minimum absolute atomic E-state index is 0.0919. The van der Waals surface area contributed by atoms with Gasteiger partial charge in [0.15, 0.2) is 23.0 Å². The molecule has 0 saturated heterocycles. The van der Waals surface area contributed by atoms with Crippen molar-refractivity contribution in [2.24, 2.45) is 0 Å². The Hall–Kier alpha value is -2.76. The Morgan fingerprint density at radius 3 is 2.48 bits per heavy atom. The number of ether oxygens (including phenoxy) is 6. The largest absolute Gasteiger partial charge is 0.488 e. The van der Waals surface area contributed by atoms with Gasteiger partial charge in [0.1, 0.15) is 11.9 Å². The normalized spacial score (nSPS) is 24.3. The maximum Gasteiger partial charge on any atom is 0.231 e. The maximum absolute atomic E-state index is 6.21. The Balaban J connectivity index is 1.48. The molecule has 2 unspecified atom stereocenters. The smallest absolute Gasteiger partial charge is 0.231 e. The lowest BCUT2D eigenvalue weighted by Gasteiger charge is -2.28. The Labute approximate surface area is 131 Å². The van der Waals surface area contributed by atoms with Crippen LogP contribution in [0.5, 0.6) is 34.5 Å². The fourth-order valence-corrected chi connectivity index (χ4v) is 3.68. The van der Waals surface area contributed by atoms with Crippen molar-refractivity contribution in [3.63, 3.8) is 0 Å². The van der Waals surface area contributed by atoms with Crippen LogP contribution >= 0.6 is 0 Å². The number of rotatable bonds is 0. The van der Waals surface area contributed by atoms with Crippen molar-refractivity contribution >= 4 is 0 Å². The molecule has 116 valence electrons. The summed E-state index contributed by atoms with van der Waals surface area (Å²) in [5.74, 6) is 4.59. The van der Waals surface area contributed by atoms with E-state index in [2.05, 4.69) is 0 Å². The minimum Gasteiger partial charge on any atom is -0.488 e. The number of fused-ring (bicyclic) bond motifs is 8. The van der Waals surface area contributed by atoms with Crippen molar-refractivity contribution in [3.05, 3.63) is 35.4 Å². The van der Waals surface area contributed by atoms with Crippen LogP contribution in [0.25, 0.3) is 0 Å². The molecule has 6 rings (SSSR count). The zero-order chi connectivity index (χ0) is 15.0. The molecular formula is C17H12O6. The second-order valence-electron chi connectivity index (χ2n) is 5.92. The van der Waals surface area contributed by atoms with Crippen LogP contribution in [0.4, 0.5) is 0 Å². The van der Waals surface area contributed by atoms with Crippen molar-refractivity contribution in [1.82, 2.24) is 0 Å². The van der Waals surface area contributed by atoms with Gasteiger partial charge >= 0.3 is 0 Å². The van der Waals surface area contributed by atoms with E-state index in [9.17, 15) is 0 Å². The molecule has 2 atom stereocenters. The van der Waals surface area contributed by atoms with Gasteiger partial charge in [0, 0.05) is 17.2 Å². The SMILES string of the molecule is c1c2c(cc3c1OC1c4ccc5c(c4OCC31)OCO5)OCO2. The van der Waals surface area contributed by atoms with E-state index >= 15 is 0 Å². The fourth-order valence-electron chi connectivity index (χ4n) is 3.68. The van der Waals surface area contributed by atoms with Crippen molar-refractivity contribution < 1.29 is 28.4 Å². The van der Waals surface area contributed by atoms with Gasteiger partial charge in [0.25, 0.3) is 0 Å². The van der Waals surface area contributed by atoms with Gasteiger partial charge in [-0.2, -0.15) is 0 Å². The summed E-state index contributed by atoms with van der Waals surface area (Å²) in [5.41, 5.74) is 2.09. The van der Waals surface area contributed by atoms with Crippen LogP contribution in [0.15, 0.2) is 24.3 Å². The molecule has 0 amide bonds. The van der Waals surface area contributed by atoms with Crippen LogP contribution < -0.4 is 28.4 Å². The summed E-state index contributed by atoms with van der Waals surface area (Å²) in [4.78, 5) is 0. The van der Waals surface area contributed by atoms with Crippen molar-refractivity contribution in [1.29, 1.82) is 0 Å². The van der Waals surface area contributed by atoms with Gasteiger partial charge in [0.05, 0.1) is 12.5 Å². The van der Waals surface area contributed by atoms with E-state index < -0.39 is 0 Å². The molecule has 0 spiro atoms. The van der Waals surface area contributed by atoms with Gasteiger partial charge in [-0.3, -0.25) is 0 Å². The molecule has 0 radical (unpaired) electrons. The molecule has 23 heavy (non-hydrogen) atoms. The van der Waals surface area contributed by atoms with E-state index in [0.29, 0.717) is 12.4 Å². The van der Waals surface area contributed by atoms with Crippen LogP contribution in [0.3, 0.4) is 0 Å². The summed E-state index contributed by atoms with van der Waals surface area (Å²) in [5, 5.41) is 0. The highest BCUT2D eigenvalue weighted by Gasteiger charge is 2.44. The molecule has 0 aliphatic carbocycles. The van der Waals surface area contributed by atoms with Crippen LogP contribution in [0.1, 0.15) is 23.1 Å². The van der Waals surface area contributed by atoms with Crippen molar-refractivity contribution in [2.45, 2.75) is 12.0 Å². The summed E-state index contributed by atoms with van der Waals surface area (Å²) in [6.45, 7) is 1.02. The predicted molar refractivity (Wildman–Crippen MR) is 76.7 cm³/mol. The minimum atomic E-state index is -0.0919. The third-order valence-corrected chi connectivity index (χ3v) is 4.76. The molecule has 4 heterocycles. The topological polar surface area (TPSA) is 55.4 Å². The third kappa shape index (κ3) is 1.43. The summed E-state index contributed by atoms with van der Waals surface area (Å²) >= 11 is 0. The fraction of sp³-hybridized carbons (Fsp3) is 0.294.